The minimum atomic E-state index is 0.497. The largest absolute Gasteiger partial charge is 0.496 e. The molecule has 3 heteroatoms. The summed E-state index contributed by atoms with van der Waals surface area (Å²) in [5.41, 5.74) is 8.12. The van der Waals surface area contributed by atoms with Crippen LogP contribution in [0, 0.1) is 20.8 Å². The summed E-state index contributed by atoms with van der Waals surface area (Å²) >= 11 is 0. The zero-order valence-corrected chi connectivity index (χ0v) is 18.3. The van der Waals surface area contributed by atoms with Gasteiger partial charge in [-0.1, -0.05) is 38.1 Å². The van der Waals surface area contributed by atoms with Gasteiger partial charge < -0.3 is 9.30 Å². The van der Waals surface area contributed by atoms with Crippen molar-refractivity contribution in [2.45, 2.75) is 53.5 Å². The minimum Gasteiger partial charge on any atom is -0.496 e. The third kappa shape index (κ3) is 3.09. The molecule has 2 aromatic heterocycles. The number of aryl methyl sites for hydroxylation is 3. The molecule has 0 aliphatic rings. The van der Waals surface area contributed by atoms with Gasteiger partial charge in [0.05, 0.1) is 18.1 Å². The van der Waals surface area contributed by atoms with Crippen molar-refractivity contribution in [1.82, 2.24) is 9.55 Å². The lowest BCUT2D eigenvalue weighted by atomic mass is 9.94. The summed E-state index contributed by atoms with van der Waals surface area (Å²) in [6, 6.07) is 13.6. The quantitative estimate of drug-likeness (QED) is 0.364. The van der Waals surface area contributed by atoms with E-state index >= 15 is 0 Å². The van der Waals surface area contributed by atoms with Gasteiger partial charge in [-0.2, -0.15) is 0 Å². The van der Waals surface area contributed by atoms with Crippen LogP contribution in [0.1, 0.15) is 49.6 Å². The zero-order valence-electron chi connectivity index (χ0n) is 18.3. The van der Waals surface area contributed by atoms with E-state index in [1.54, 1.807) is 7.11 Å². The van der Waals surface area contributed by atoms with Crippen molar-refractivity contribution in [2.75, 3.05) is 7.11 Å². The number of benzene rings is 2. The van der Waals surface area contributed by atoms with Crippen LogP contribution < -0.4 is 4.74 Å². The summed E-state index contributed by atoms with van der Waals surface area (Å²) in [5, 5.41) is 2.45. The number of ether oxygens (including phenoxy) is 1. The smallest absolute Gasteiger partial charge is 0.127 e. The molecule has 0 aliphatic carbocycles. The molecule has 0 saturated heterocycles. The Hall–Kier alpha value is -2.81. The number of nitrogens with zero attached hydrogens (tertiary/aromatic N) is 2. The molecule has 0 N–H and O–H groups in total. The molecule has 4 rings (SSSR count). The highest BCUT2D eigenvalue weighted by atomic mass is 16.5. The second-order valence-electron chi connectivity index (χ2n) is 8.01. The van der Waals surface area contributed by atoms with Gasteiger partial charge in [-0.15, -0.1) is 0 Å². The van der Waals surface area contributed by atoms with E-state index in [4.69, 9.17) is 9.72 Å². The summed E-state index contributed by atoms with van der Waals surface area (Å²) in [4.78, 5) is 5.07. The number of para-hydroxylation sites is 1. The lowest BCUT2D eigenvalue weighted by Crippen LogP contribution is -2.06. The fourth-order valence-electron chi connectivity index (χ4n) is 4.73. The molecule has 0 fully saturated rings. The van der Waals surface area contributed by atoms with Crippen molar-refractivity contribution in [2.24, 2.45) is 0 Å². The molecule has 150 valence electrons. The molecule has 29 heavy (non-hydrogen) atoms. The van der Waals surface area contributed by atoms with Gasteiger partial charge in [-0.25, -0.2) is 0 Å². The zero-order chi connectivity index (χ0) is 20.7. The SMILES string of the molecule is CCC(CC)n1ccc2c(C)nc3c(-c4c(C)cc(C)cc4OC)cccc3c21. The van der Waals surface area contributed by atoms with E-state index in [0.717, 1.165) is 40.9 Å². The van der Waals surface area contributed by atoms with Crippen LogP contribution in [0.5, 0.6) is 5.75 Å². The van der Waals surface area contributed by atoms with Crippen LogP contribution in [0.15, 0.2) is 42.6 Å². The first-order chi connectivity index (χ1) is 14.0. The van der Waals surface area contributed by atoms with Gasteiger partial charge in [0.1, 0.15) is 5.75 Å². The van der Waals surface area contributed by atoms with Crippen molar-refractivity contribution in [1.29, 1.82) is 0 Å². The normalized spacial score (nSPS) is 11.7. The molecule has 0 aliphatic heterocycles. The topological polar surface area (TPSA) is 27.1 Å². The summed E-state index contributed by atoms with van der Waals surface area (Å²) < 4.78 is 8.23. The van der Waals surface area contributed by atoms with Crippen LogP contribution in [0.2, 0.25) is 0 Å². The Morgan fingerprint density at radius 3 is 2.45 bits per heavy atom. The van der Waals surface area contributed by atoms with Gasteiger partial charge in [-0.05, 0) is 56.9 Å². The monoisotopic (exact) mass is 386 g/mol. The Bertz CT molecular complexity index is 1200. The molecular formula is C26H30N2O. The first kappa shape index (κ1) is 19.5. The maximum absolute atomic E-state index is 5.78. The first-order valence-corrected chi connectivity index (χ1v) is 10.6. The molecule has 2 heterocycles. The lowest BCUT2D eigenvalue weighted by Gasteiger charge is -2.19. The molecule has 0 radical (unpaired) electrons. The van der Waals surface area contributed by atoms with Crippen molar-refractivity contribution in [3.8, 4) is 16.9 Å². The van der Waals surface area contributed by atoms with Gasteiger partial charge in [0, 0.05) is 39.8 Å². The molecule has 0 spiro atoms. The van der Waals surface area contributed by atoms with Gasteiger partial charge >= 0.3 is 0 Å². The highest BCUT2D eigenvalue weighted by Gasteiger charge is 2.19. The Morgan fingerprint density at radius 2 is 1.76 bits per heavy atom. The van der Waals surface area contributed by atoms with Crippen molar-refractivity contribution in [3.63, 3.8) is 0 Å². The molecular weight excluding hydrogens is 356 g/mol. The molecule has 0 amide bonds. The second kappa shape index (κ2) is 7.55. The Kier molecular flexibility index (Phi) is 5.08. The maximum atomic E-state index is 5.78. The molecule has 0 bridgehead atoms. The van der Waals surface area contributed by atoms with E-state index in [1.807, 2.05) is 0 Å². The van der Waals surface area contributed by atoms with Crippen molar-refractivity contribution < 1.29 is 4.74 Å². The van der Waals surface area contributed by atoms with Crippen LogP contribution in [0.3, 0.4) is 0 Å². The average molecular weight is 387 g/mol. The third-order valence-corrected chi connectivity index (χ3v) is 6.14. The summed E-state index contributed by atoms with van der Waals surface area (Å²) in [5.74, 6) is 0.907. The second-order valence-corrected chi connectivity index (χ2v) is 8.01. The van der Waals surface area contributed by atoms with Gasteiger partial charge in [0.2, 0.25) is 0 Å². The Balaban J connectivity index is 2.11. The fraction of sp³-hybridized carbons (Fsp3) is 0.346. The maximum Gasteiger partial charge on any atom is 0.127 e. The van der Waals surface area contributed by atoms with E-state index < -0.39 is 0 Å². The van der Waals surface area contributed by atoms with Gasteiger partial charge in [0.15, 0.2) is 0 Å². The molecule has 0 unspecified atom stereocenters. The standard InChI is InChI=1S/C26H30N2O/c1-7-19(8-2)28-13-12-20-18(5)27-25-21(10-9-11-22(25)26(20)28)24-17(4)14-16(3)15-23(24)29-6/h9-15,19H,7-8H2,1-6H3. The van der Waals surface area contributed by atoms with Crippen molar-refractivity contribution >= 4 is 21.8 Å². The number of aromatic nitrogens is 2. The first-order valence-electron chi connectivity index (χ1n) is 10.6. The Morgan fingerprint density at radius 1 is 1.00 bits per heavy atom. The van der Waals surface area contributed by atoms with Gasteiger partial charge in [0.25, 0.3) is 0 Å². The van der Waals surface area contributed by atoms with E-state index in [-0.39, 0.29) is 0 Å². The minimum absolute atomic E-state index is 0.497. The van der Waals surface area contributed by atoms with E-state index in [2.05, 4.69) is 81.8 Å². The number of methoxy groups -OCH3 is 1. The molecule has 0 saturated carbocycles. The summed E-state index contributed by atoms with van der Waals surface area (Å²) in [7, 11) is 1.75. The predicted molar refractivity (Wildman–Crippen MR) is 123 cm³/mol. The van der Waals surface area contributed by atoms with E-state index in [0.29, 0.717) is 6.04 Å². The average Bonchev–Trinajstić information content (AvgIpc) is 3.14. The van der Waals surface area contributed by atoms with Crippen LogP contribution in [0.25, 0.3) is 32.9 Å². The number of rotatable bonds is 5. The summed E-state index contributed by atoms with van der Waals surface area (Å²) in [6.07, 6.45) is 4.47. The van der Waals surface area contributed by atoms with Crippen LogP contribution in [-0.2, 0) is 0 Å². The highest BCUT2D eigenvalue weighted by Crippen LogP contribution is 2.40. The van der Waals surface area contributed by atoms with Crippen LogP contribution in [-0.4, -0.2) is 16.7 Å². The van der Waals surface area contributed by atoms with Crippen molar-refractivity contribution in [3.05, 3.63) is 59.4 Å². The molecule has 2 aromatic carbocycles. The highest BCUT2D eigenvalue weighted by molar-refractivity contribution is 6.10. The molecule has 0 atom stereocenters. The fourth-order valence-corrected chi connectivity index (χ4v) is 4.73. The van der Waals surface area contributed by atoms with Crippen LogP contribution in [0.4, 0.5) is 0 Å². The number of hydrogen-bond donors (Lipinski definition) is 0. The molecule has 4 aromatic rings. The number of fused-ring (bicyclic) bond motifs is 3. The molecule has 3 nitrogen and oxygen atoms in total. The van der Waals surface area contributed by atoms with Crippen LogP contribution >= 0.6 is 0 Å². The third-order valence-electron chi connectivity index (χ3n) is 6.14. The van der Waals surface area contributed by atoms with Gasteiger partial charge in [-0.3, -0.25) is 4.98 Å². The summed E-state index contributed by atoms with van der Waals surface area (Å²) in [6.45, 7) is 10.9. The Labute approximate surface area is 173 Å². The number of hydrogen-bond acceptors (Lipinski definition) is 2. The number of pyridine rings is 1. The van der Waals surface area contributed by atoms with E-state index in [9.17, 15) is 0 Å². The van der Waals surface area contributed by atoms with E-state index in [1.165, 1.54) is 27.4 Å². The predicted octanol–water partition coefficient (Wildman–Crippen LogP) is 7.15. The lowest BCUT2D eigenvalue weighted by molar-refractivity contribution is 0.416.